The number of aliphatic carboxylic acids is 1. The van der Waals surface area contributed by atoms with E-state index in [1.54, 1.807) is 0 Å². The smallest absolute Gasteiger partial charge is 0.303 e. The largest absolute Gasteiger partial charge is 0.481 e. The van der Waals surface area contributed by atoms with Gasteiger partial charge in [-0.2, -0.15) is 0 Å². The number of rotatable bonds is 7. The van der Waals surface area contributed by atoms with Gasteiger partial charge in [0.2, 0.25) is 10.0 Å². The topological polar surface area (TPSA) is 83.5 Å². The van der Waals surface area contributed by atoms with Crippen molar-refractivity contribution in [3.8, 4) is 0 Å². The molecular formula is C13H19NO4S. The molecule has 0 aromatic heterocycles. The molecule has 19 heavy (non-hydrogen) atoms. The summed E-state index contributed by atoms with van der Waals surface area (Å²) in [6.07, 6.45) is 0.257. The molecular weight excluding hydrogens is 266 g/mol. The van der Waals surface area contributed by atoms with E-state index in [1.807, 2.05) is 32.0 Å². The van der Waals surface area contributed by atoms with Crippen LogP contribution in [0.2, 0.25) is 0 Å². The molecule has 0 amide bonds. The molecule has 0 bridgehead atoms. The van der Waals surface area contributed by atoms with Crippen molar-refractivity contribution in [1.29, 1.82) is 0 Å². The Morgan fingerprint density at radius 1 is 1.26 bits per heavy atom. The number of benzene rings is 1. The van der Waals surface area contributed by atoms with Crippen molar-refractivity contribution in [2.45, 2.75) is 32.4 Å². The molecule has 0 unspecified atom stereocenters. The molecule has 0 radical (unpaired) electrons. The van der Waals surface area contributed by atoms with Crippen LogP contribution < -0.4 is 4.72 Å². The van der Waals surface area contributed by atoms with Gasteiger partial charge >= 0.3 is 5.97 Å². The van der Waals surface area contributed by atoms with Gasteiger partial charge in [0.05, 0.1) is 5.75 Å². The summed E-state index contributed by atoms with van der Waals surface area (Å²) in [6.45, 7) is 3.91. The van der Waals surface area contributed by atoms with E-state index in [0.29, 0.717) is 6.42 Å². The highest BCUT2D eigenvalue weighted by atomic mass is 32.2. The number of sulfonamides is 1. The molecule has 0 heterocycles. The van der Waals surface area contributed by atoms with Crippen molar-refractivity contribution in [1.82, 2.24) is 4.72 Å². The standard InChI is InChI=1S/C13H19NO4S/c1-10-5-3-6-11(2)12(10)9-19(17,18)14-8-4-7-13(15)16/h3,5-6,14H,4,7-9H2,1-2H3,(H,15,16). The Hall–Kier alpha value is -1.40. The van der Waals surface area contributed by atoms with Gasteiger partial charge < -0.3 is 5.11 Å². The van der Waals surface area contributed by atoms with E-state index in [2.05, 4.69) is 4.72 Å². The summed E-state index contributed by atoms with van der Waals surface area (Å²) in [5, 5.41) is 8.47. The molecule has 106 valence electrons. The first kappa shape index (κ1) is 15.7. The Kier molecular flexibility index (Phi) is 5.50. The average Bonchev–Trinajstić information content (AvgIpc) is 2.30. The van der Waals surface area contributed by atoms with Crippen molar-refractivity contribution in [2.24, 2.45) is 0 Å². The predicted octanol–water partition coefficient (Wildman–Crippen LogP) is 1.59. The second-order valence-electron chi connectivity index (χ2n) is 4.52. The van der Waals surface area contributed by atoms with Crippen LogP contribution in [0.5, 0.6) is 0 Å². The lowest BCUT2D eigenvalue weighted by molar-refractivity contribution is -0.137. The van der Waals surface area contributed by atoms with Gasteiger partial charge in [-0.05, 0) is 37.0 Å². The zero-order valence-electron chi connectivity index (χ0n) is 11.1. The minimum atomic E-state index is -3.42. The Labute approximate surface area is 113 Å². The second kappa shape index (κ2) is 6.68. The average molecular weight is 285 g/mol. The zero-order valence-corrected chi connectivity index (χ0v) is 12.0. The molecule has 0 spiro atoms. The third-order valence-electron chi connectivity index (χ3n) is 2.87. The maximum Gasteiger partial charge on any atom is 0.303 e. The van der Waals surface area contributed by atoms with Gasteiger partial charge in [0.25, 0.3) is 0 Å². The van der Waals surface area contributed by atoms with Crippen LogP contribution in [0.3, 0.4) is 0 Å². The molecule has 0 aliphatic heterocycles. The first-order chi connectivity index (χ1) is 8.82. The van der Waals surface area contributed by atoms with E-state index in [9.17, 15) is 13.2 Å². The van der Waals surface area contributed by atoms with Crippen molar-refractivity contribution in [2.75, 3.05) is 6.54 Å². The molecule has 0 saturated heterocycles. The van der Waals surface area contributed by atoms with Crippen LogP contribution in [0.15, 0.2) is 18.2 Å². The zero-order chi connectivity index (χ0) is 14.5. The molecule has 0 aliphatic carbocycles. The van der Waals surface area contributed by atoms with E-state index in [0.717, 1.165) is 16.7 Å². The third-order valence-corrected chi connectivity index (χ3v) is 4.18. The molecule has 1 rings (SSSR count). The number of hydrogen-bond donors (Lipinski definition) is 2. The SMILES string of the molecule is Cc1cccc(C)c1CS(=O)(=O)NCCCC(=O)O. The van der Waals surface area contributed by atoms with Crippen LogP contribution in [0.4, 0.5) is 0 Å². The van der Waals surface area contributed by atoms with Crippen molar-refractivity contribution in [3.05, 3.63) is 34.9 Å². The van der Waals surface area contributed by atoms with Gasteiger partial charge in [0, 0.05) is 13.0 Å². The molecule has 1 aromatic rings. The van der Waals surface area contributed by atoms with Gasteiger partial charge in [0.15, 0.2) is 0 Å². The van der Waals surface area contributed by atoms with E-state index < -0.39 is 16.0 Å². The Morgan fingerprint density at radius 3 is 2.37 bits per heavy atom. The van der Waals surface area contributed by atoms with E-state index in [4.69, 9.17) is 5.11 Å². The van der Waals surface area contributed by atoms with E-state index >= 15 is 0 Å². The summed E-state index contributed by atoms with van der Waals surface area (Å²) < 4.78 is 26.2. The number of hydrogen-bond acceptors (Lipinski definition) is 3. The number of carboxylic acid groups (broad SMARTS) is 1. The highest BCUT2D eigenvalue weighted by Gasteiger charge is 2.14. The minimum Gasteiger partial charge on any atom is -0.481 e. The number of aryl methyl sites for hydroxylation is 2. The Balaban J connectivity index is 2.62. The molecule has 0 saturated carbocycles. The number of carbonyl (C=O) groups is 1. The first-order valence-electron chi connectivity index (χ1n) is 6.06. The highest BCUT2D eigenvalue weighted by Crippen LogP contribution is 2.15. The molecule has 0 aliphatic rings. The number of carboxylic acids is 1. The van der Waals surface area contributed by atoms with Gasteiger partial charge in [0.1, 0.15) is 0 Å². The van der Waals surface area contributed by atoms with Crippen LogP contribution in [-0.2, 0) is 20.6 Å². The van der Waals surface area contributed by atoms with Gasteiger partial charge in [-0.15, -0.1) is 0 Å². The fourth-order valence-corrected chi connectivity index (χ4v) is 3.18. The highest BCUT2D eigenvalue weighted by molar-refractivity contribution is 7.88. The summed E-state index contributed by atoms with van der Waals surface area (Å²) in [5.41, 5.74) is 2.68. The van der Waals surface area contributed by atoms with Crippen LogP contribution in [-0.4, -0.2) is 26.0 Å². The normalized spacial score (nSPS) is 11.5. The van der Waals surface area contributed by atoms with Crippen LogP contribution in [0.1, 0.15) is 29.5 Å². The van der Waals surface area contributed by atoms with Gasteiger partial charge in [-0.3, -0.25) is 4.79 Å². The molecule has 2 N–H and O–H groups in total. The molecule has 5 nitrogen and oxygen atoms in total. The Morgan fingerprint density at radius 2 is 1.84 bits per heavy atom. The Bertz CT molecular complexity index is 532. The van der Waals surface area contributed by atoms with Crippen molar-refractivity contribution >= 4 is 16.0 Å². The second-order valence-corrected chi connectivity index (χ2v) is 6.33. The molecule has 0 fully saturated rings. The third kappa shape index (κ3) is 5.40. The molecule has 1 aromatic carbocycles. The van der Waals surface area contributed by atoms with Crippen molar-refractivity contribution in [3.63, 3.8) is 0 Å². The first-order valence-corrected chi connectivity index (χ1v) is 7.71. The maximum atomic E-state index is 11.9. The fraction of sp³-hybridized carbons (Fsp3) is 0.462. The fourth-order valence-electron chi connectivity index (χ4n) is 1.78. The summed E-state index contributed by atoms with van der Waals surface area (Å²) in [5.74, 6) is -0.993. The van der Waals surface area contributed by atoms with Gasteiger partial charge in [-0.25, -0.2) is 13.1 Å². The quantitative estimate of drug-likeness (QED) is 0.745. The van der Waals surface area contributed by atoms with Crippen LogP contribution in [0, 0.1) is 13.8 Å². The van der Waals surface area contributed by atoms with Crippen LogP contribution in [0.25, 0.3) is 0 Å². The van der Waals surface area contributed by atoms with Crippen LogP contribution >= 0.6 is 0 Å². The minimum absolute atomic E-state index is 0.0358. The summed E-state index contributed by atoms with van der Waals surface area (Å²) >= 11 is 0. The number of nitrogens with one attached hydrogen (secondary N) is 1. The van der Waals surface area contributed by atoms with E-state index in [-0.39, 0.29) is 18.7 Å². The predicted molar refractivity (Wildman–Crippen MR) is 73.4 cm³/mol. The van der Waals surface area contributed by atoms with Gasteiger partial charge in [-0.1, -0.05) is 18.2 Å². The molecule has 6 heteroatoms. The lowest BCUT2D eigenvalue weighted by Crippen LogP contribution is -2.27. The van der Waals surface area contributed by atoms with E-state index in [1.165, 1.54) is 0 Å². The summed E-state index contributed by atoms with van der Waals surface area (Å²) in [7, 11) is -3.42. The maximum absolute atomic E-state index is 11.9. The van der Waals surface area contributed by atoms with Crippen molar-refractivity contribution < 1.29 is 18.3 Å². The summed E-state index contributed by atoms with van der Waals surface area (Å²) in [6, 6.07) is 5.64. The lowest BCUT2D eigenvalue weighted by Gasteiger charge is -2.11. The molecule has 0 atom stereocenters. The summed E-state index contributed by atoms with van der Waals surface area (Å²) in [4.78, 5) is 10.3. The monoisotopic (exact) mass is 285 g/mol. The lowest BCUT2D eigenvalue weighted by atomic mass is 10.1.